The highest BCUT2D eigenvalue weighted by Gasteiger charge is 2.29. The number of fused-ring (bicyclic) bond motifs is 1. The van der Waals surface area contributed by atoms with E-state index in [9.17, 15) is 14.0 Å². The van der Waals surface area contributed by atoms with Crippen LogP contribution in [0.2, 0.25) is 0 Å². The lowest BCUT2D eigenvalue weighted by Crippen LogP contribution is -2.29. The summed E-state index contributed by atoms with van der Waals surface area (Å²) >= 11 is 0. The standard InChI is InChI=1S/C26H20FN5O3/c1-14-4-5-15(12-29-14)19-8-16(28-2)9-20-24(19)31-25(22-11-18(33)13-30-22)32(26(20)34)17-6-7-23(35-3)21(27)10-17/h4-10,12,22,30H,11,13H2,1,3H3/t22-/m1/s1. The molecular formula is C26H20FN5O3. The molecule has 0 amide bonds. The van der Waals surface area contributed by atoms with Gasteiger partial charge < -0.3 is 10.1 Å². The average molecular weight is 469 g/mol. The molecule has 35 heavy (non-hydrogen) atoms. The minimum Gasteiger partial charge on any atom is -0.494 e. The highest BCUT2D eigenvalue weighted by atomic mass is 19.1. The number of pyridine rings is 1. The maximum atomic E-state index is 14.6. The molecule has 2 aromatic heterocycles. The van der Waals surface area contributed by atoms with E-state index in [1.165, 1.54) is 29.9 Å². The van der Waals surface area contributed by atoms with Gasteiger partial charge in [-0.05, 0) is 42.8 Å². The molecule has 8 nitrogen and oxygen atoms in total. The van der Waals surface area contributed by atoms with Gasteiger partial charge in [-0.15, -0.1) is 0 Å². The third-order valence-electron chi connectivity index (χ3n) is 6.02. The lowest BCUT2D eigenvalue weighted by atomic mass is 10.0. The van der Waals surface area contributed by atoms with Crippen LogP contribution in [0.3, 0.4) is 0 Å². The summed E-state index contributed by atoms with van der Waals surface area (Å²) in [6, 6.07) is 10.5. The van der Waals surface area contributed by atoms with Crippen LogP contribution in [0.1, 0.15) is 24.0 Å². The van der Waals surface area contributed by atoms with Gasteiger partial charge in [0.1, 0.15) is 11.6 Å². The number of methoxy groups -OCH3 is 1. The van der Waals surface area contributed by atoms with Gasteiger partial charge in [0, 0.05) is 29.9 Å². The second kappa shape index (κ2) is 8.74. The van der Waals surface area contributed by atoms with E-state index in [0.29, 0.717) is 16.6 Å². The van der Waals surface area contributed by atoms with Crippen molar-refractivity contribution in [1.82, 2.24) is 19.9 Å². The Morgan fingerprint density at radius 1 is 1.20 bits per heavy atom. The molecule has 0 radical (unpaired) electrons. The number of carbonyl (C=O) groups is 1. The zero-order chi connectivity index (χ0) is 24.7. The molecule has 5 rings (SSSR count). The first-order chi connectivity index (χ1) is 16.9. The Morgan fingerprint density at radius 2 is 2.03 bits per heavy atom. The van der Waals surface area contributed by atoms with Gasteiger partial charge >= 0.3 is 0 Å². The van der Waals surface area contributed by atoms with Crippen molar-refractivity contribution in [3.63, 3.8) is 0 Å². The fraction of sp³-hybridized carbons (Fsp3) is 0.192. The Bertz CT molecular complexity index is 1590. The van der Waals surface area contributed by atoms with E-state index in [0.717, 1.165) is 5.69 Å². The summed E-state index contributed by atoms with van der Waals surface area (Å²) in [5, 5.41) is 3.31. The average Bonchev–Trinajstić information content (AvgIpc) is 3.30. The maximum Gasteiger partial charge on any atom is 0.264 e. The maximum absolute atomic E-state index is 14.6. The van der Waals surface area contributed by atoms with E-state index in [-0.39, 0.29) is 47.1 Å². The van der Waals surface area contributed by atoms with Crippen molar-refractivity contribution in [2.75, 3.05) is 13.7 Å². The second-order valence-electron chi connectivity index (χ2n) is 8.30. The van der Waals surface area contributed by atoms with Crippen LogP contribution in [-0.2, 0) is 4.79 Å². The van der Waals surface area contributed by atoms with Gasteiger partial charge in [-0.25, -0.2) is 14.2 Å². The normalized spacial score (nSPS) is 15.4. The van der Waals surface area contributed by atoms with Gasteiger partial charge in [0.25, 0.3) is 5.56 Å². The topological polar surface area (TPSA) is 90.5 Å². The molecule has 1 aliphatic heterocycles. The largest absolute Gasteiger partial charge is 0.494 e. The zero-order valence-electron chi connectivity index (χ0n) is 19.0. The van der Waals surface area contributed by atoms with E-state index < -0.39 is 17.4 Å². The summed E-state index contributed by atoms with van der Waals surface area (Å²) in [4.78, 5) is 38.7. The van der Waals surface area contributed by atoms with Crippen molar-refractivity contribution in [3.8, 4) is 22.6 Å². The van der Waals surface area contributed by atoms with E-state index in [4.69, 9.17) is 16.3 Å². The molecule has 0 saturated carbocycles. The molecule has 0 aliphatic carbocycles. The van der Waals surface area contributed by atoms with E-state index in [1.54, 1.807) is 18.3 Å². The predicted octanol–water partition coefficient (Wildman–Crippen LogP) is 4.06. The molecule has 1 fully saturated rings. The van der Waals surface area contributed by atoms with E-state index in [1.807, 2.05) is 19.1 Å². The first-order valence-electron chi connectivity index (χ1n) is 10.9. The highest BCUT2D eigenvalue weighted by Crippen LogP contribution is 2.33. The number of carbonyl (C=O) groups excluding carboxylic acids is 1. The molecule has 0 spiro atoms. The van der Waals surface area contributed by atoms with Crippen LogP contribution in [-0.4, -0.2) is 34.0 Å². The summed E-state index contributed by atoms with van der Waals surface area (Å²) in [6.07, 6.45) is 1.82. The summed E-state index contributed by atoms with van der Waals surface area (Å²) in [7, 11) is 1.36. The Hall–Kier alpha value is -4.42. The monoisotopic (exact) mass is 469 g/mol. The van der Waals surface area contributed by atoms with Gasteiger partial charge in [0.2, 0.25) is 0 Å². The fourth-order valence-electron chi connectivity index (χ4n) is 4.27. The molecule has 174 valence electrons. The number of Topliss-reactive ketones (excluding diaryl/α,β-unsaturated/α-hetero) is 1. The van der Waals surface area contributed by atoms with Crippen LogP contribution in [0.5, 0.6) is 5.75 Å². The number of ether oxygens (including phenoxy) is 1. The first-order valence-corrected chi connectivity index (χ1v) is 10.9. The van der Waals surface area contributed by atoms with Crippen LogP contribution in [0.15, 0.2) is 53.5 Å². The van der Waals surface area contributed by atoms with Crippen LogP contribution < -0.4 is 15.6 Å². The van der Waals surface area contributed by atoms with Crippen molar-refractivity contribution in [2.45, 2.75) is 19.4 Å². The molecule has 4 aromatic rings. The predicted molar refractivity (Wildman–Crippen MR) is 128 cm³/mol. The Morgan fingerprint density at radius 3 is 2.66 bits per heavy atom. The van der Waals surface area contributed by atoms with Gasteiger partial charge in [-0.2, -0.15) is 0 Å². The Labute approximate surface area is 199 Å². The number of nitrogens with zero attached hydrogens (tertiary/aromatic N) is 4. The van der Waals surface area contributed by atoms with Crippen molar-refractivity contribution in [2.24, 2.45) is 0 Å². The number of hydrogen-bond acceptors (Lipinski definition) is 6. The van der Waals surface area contributed by atoms with Crippen molar-refractivity contribution in [3.05, 3.63) is 87.8 Å². The lowest BCUT2D eigenvalue weighted by molar-refractivity contribution is -0.116. The van der Waals surface area contributed by atoms with Crippen molar-refractivity contribution < 1.29 is 13.9 Å². The third kappa shape index (κ3) is 3.94. The quantitative estimate of drug-likeness (QED) is 0.454. The molecule has 1 saturated heterocycles. The molecule has 1 aliphatic rings. The number of aryl methyl sites for hydroxylation is 1. The summed E-state index contributed by atoms with van der Waals surface area (Å²) in [6.45, 7) is 9.56. The summed E-state index contributed by atoms with van der Waals surface area (Å²) in [5.74, 6) is -0.326. The van der Waals surface area contributed by atoms with Gasteiger partial charge in [0.15, 0.2) is 17.3 Å². The number of halogens is 1. The smallest absolute Gasteiger partial charge is 0.264 e. The molecule has 1 N–H and O–H groups in total. The summed E-state index contributed by atoms with van der Waals surface area (Å²) < 4.78 is 20.9. The SMILES string of the molecule is [C-]#[N+]c1cc(-c2ccc(C)nc2)c2nc([C@H]3CC(=O)CN3)n(-c3ccc(OC)c(F)c3)c(=O)c2c1. The third-order valence-corrected chi connectivity index (χ3v) is 6.02. The molecular weight excluding hydrogens is 449 g/mol. The molecule has 9 heteroatoms. The molecule has 1 atom stereocenters. The van der Waals surface area contributed by atoms with Crippen molar-refractivity contribution >= 4 is 22.4 Å². The Kier molecular flexibility index (Phi) is 5.59. The fourth-order valence-corrected chi connectivity index (χ4v) is 4.27. The molecule has 0 bridgehead atoms. The van der Waals surface area contributed by atoms with Gasteiger partial charge in [0.05, 0.1) is 42.9 Å². The van der Waals surface area contributed by atoms with Crippen LogP contribution >= 0.6 is 0 Å². The van der Waals surface area contributed by atoms with Gasteiger partial charge in [-0.1, -0.05) is 6.07 Å². The molecule has 2 aromatic carbocycles. The minimum absolute atomic E-state index is 0.0110. The lowest BCUT2D eigenvalue weighted by Gasteiger charge is -2.19. The van der Waals surface area contributed by atoms with Crippen molar-refractivity contribution in [1.29, 1.82) is 0 Å². The zero-order valence-corrected chi connectivity index (χ0v) is 19.0. The number of benzene rings is 2. The number of aromatic nitrogens is 3. The Balaban J connectivity index is 1.86. The number of nitrogens with one attached hydrogen (secondary N) is 1. The molecule has 0 unspecified atom stereocenters. The number of ketones is 1. The van der Waals surface area contributed by atoms with Crippen LogP contribution in [0.4, 0.5) is 10.1 Å². The van der Waals surface area contributed by atoms with Crippen LogP contribution in [0.25, 0.3) is 32.6 Å². The number of rotatable bonds is 4. The molecule has 3 heterocycles. The minimum atomic E-state index is -0.639. The van der Waals surface area contributed by atoms with Gasteiger partial charge in [-0.3, -0.25) is 19.1 Å². The van der Waals surface area contributed by atoms with Crippen LogP contribution in [0, 0.1) is 19.3 Å². The second-order valence-corrected chi connectivity index (χ2v) is 8.30. The highest BCUT2D eigenvalue weighted by molar-refractivity contribution is 5.96. The van der Waals surface area contributed by atoms with E-state index >= 15 is 0 Å². The van der Waals surface area contributed by atoms with E-state index in [2.05, 4.69) is 15.1 Å². The first kappa shape index (κ1) is 22.4. The summed E-state index contributed by atoms with van der Waals surface area (Å²) in [5.41, 5.74) is 2.53. The number of hydrogen-bond donors (Lipinski definition) is 1.